The second kappa shape index (κ2) is 5.39. The van der Waals surface area contributed by atoms with Gasteiger partial charge in [-0.2, -0.15) is 0 Å². The molecule has 0 spiro atoms. The lowest BCUT2D eigenvalue weighted by Crippen LogP contribution is -2.37. The molecule has 1 aliphatic heterocycles. The Morgan fingerprint density at radius 2 is 2.22 bits per heavy atom. The molecule has 1 aromatic rings. The van der Waals surface area contributed by atoms with Gasteiger partial charge in [-0.05, 0) is 24.6 Å². The Hall–Kier alpha value is -1.56. The van der Waals surface area contributed by atoms with Crippen LogP contribution in [0.15, 0.2) is 22.7 Å². The Labute approximate surface area is 113 Å². The van der Waals surface area contributed by atoms with E-state index in [9.17, 15) is 9.59 Å². The Bertz CT molecular complexity index is 490. The number of hydrogen-bond donors (Lipinski definition) is 2. The summed E-state index contributed by atoms with van der Waals surface area (Å²) < 4.78 is 0.791. The van der Waals surface area contributed by atoms with Gasteiger partial charge < -0.3 is 16.0 Å². The highest BCUT2D eigenvalue weighted by atomic mass is 79.9. The molecule has 96 valence electrons. The quantitative estimate of drug-likeness (QED) is 0.760. The van der Waals surface area contributed by atoms with E-state index >= 15 is 0 Å². The van der Waals surface area contributed by atoms with Crippen LogP contribution in [0.3, 0.4) is 0 Å². The van der Waals surface area contributed by atoms with E-state index in [2.05, 4.69) is 21.2 Å². The second-order valence-electron chi connectivity index (χ2n) is 4.16. The molecule has 5 nitrogen and oxygen atoms in total. The predicted molar refractivity (Wildman–Crippen MR) is 72.1 cm³/mol. The van der Waals surface area contributed by atoms with E-state index in [0.717, 1.165) is 10.9 Å². The van der Waals surface area contributed by atoms with Crippen molar-refractivity contribution in [2.24, 2.45) is 0 Å². The van der Waals surface area contributed by atoms with E-state index in [1.54, 1.807) is 18.2 Å². The Balaban J connectivity index is 2.24. The first-order valence-electron chi connectivity index (χ1n) is 5.69. The minimum Gasteiger partial charge on any atom is -0.398 e. The number of carbonyl (C=O) groups excluding carboxylic acids is 2. The van der Waals surface area contributed by atoms with Crippen molar-refractivity contribution < 1.29 is 9.59 Å². The highest BCUT2D eigenvalue weighted by Gasteiger charge is 2.22. The molecule has 1 heterocycles. The maximum atomic E-state index is 12.3. The normalized spacial score (nSPS) is 16.1. The number of amides is 2. The third-order valence-corrected chi connectivity index (χ3v) is 3.29. The Kier molecular flexibility index (Phi) is 3.86. The van der Waals surface area contributed by atoms with Gasteiger partial charge in [0.25, 0.3) is 5.91 Å². The fourth-order valence-electron chi connectivity index (χ4n) is 1.86. The smallest absolute Gasteiger partial charge is 0.256 e. The summed E-state index contributed by atoms with van der Waals surface area (Å²) in [4.78, 5) is 25.3. The summed E-state index contributed by atoms with van der Waals surface area (Å²) in [5.74, 6) is -0.333. The third-order valence-electron chi connectivity index (χ3n) is 2.79. The van der Waals surface area contributed by atoms with Gasteiger partial charge in [0.15, 0.2) is 0 Å². The molecule has 6 heteroatoms. The minimum atomic E-state index is -0.203. The van der Waals surface area contributed by atoms with Crippen molar-refractivity contribution in [3.63, 3.8) is 0 Å². The number of nitrogen functional groups attached to an aromatic ring is 1. The summed E-state index contributed by atoms with van der Waals surface area (Å²) in [6.07, 6.45) is 0.755. The van der Waals surface area contributed by atoms with Gasteiger partial charge in [0.2, 0.25) is 5.91 Å². The van der Waals surface area contributed by atoms with Crippen molar-refractivity contribution in [1.82, 2.24) is 10.2 Å². The molecule has 2 amide bonds. The van der Waals surface area contributed by atoms with Gasteiger partial charge in [-0.25, -0.2) is 0 Å². The van der Waals surface area contributed by atoms with Crippen LogP contribution in [0, 0.1) is 0 Å². The molecule has 1 fully saturated rings. The first-order chi connectivity index (χ1) is 8.58. The molecule has 0 aromatic heterocycles. The molecule has 0 bridgehead atoms. The number of anilines is 1. The third kappa shape index (κ3) is 2.81. The number of hydrogen-bond acceptors (Lipinski definition) is 3. The van der Waals surface area contributed by atoms with Crippen molar-refractivity contribution >= 4 is 33.4 Å². The number of nitrogens with zero attached hydrogens (tertiary/aromatic N) is 1. The van der Waals surface area contributed by atoms with E-state index < -0.39 is 0 Å². The summed E-state index contributed by atoms with van der Waals surface area (Å²) in [5, 5.41) is 2.73. The molecule has 0 atom stereocenters. The molecule has 18 heavy (non-hydrogen) atoms. The molecule has 1 aromatic carbocycles. The molecule has 1 saturated heterocycles. The minimum absolute atomic E-state index is 0.0881. The first kappa shape index (κ1) is 12.9. The number of carbonyl (C=O) groups is 2. The second-order valence-corrected chi connectivity index (χ2v) is 5.08. The van der Waals surface area contributed by atoms with Crippen LogP contribution in [0.4, 0.5) is 5.69 Å². The van der Waals surface area contributed by atoms with Crippen LogP contribution in [0.5, 0.6) is 0 Å². The van der Waals surface area contributed by atoms with E-state index in [1.807, 2.05) is 0 Å². The van der Waals surface area contributed by atoms with Gasteiger partial charge in [0, 0.05) is 23.2 Å². The van der Waals surface area contributed by atoms with Crippen molar-refractivity contribution in [2.75, 3.05) is 25.4 Å². The fourth-order valence-corrected chi connectivity index (χ4v) is 2.22. The van der Waals surface area contributed by atoms with Crippen LogP contribution < -0.4 is 11.1 Å². The van der Waals surface area contributed by atoms with E-state index in [1.165, 1.54) is 4.90 Å². The Morgan fingerprint density at radius 3 is 3.00 bits per heavy atom. The van der Waals surface area contributed by atoms with E-state index in [0.29, 0.717) is 24.3 Å². The summed E-state index contributed by atoms with van der Waals surface area (Å²) in [6, 6.07) is 5.14. The SMILES string of the molecule is Nc1ccc(Br)cc1C(=O)N1CCCNC(=O)C1. The highest BCUT2D eigenvalue weighted by Crippen LogP contribution is 2.20. The molecule has 3 N–H and O–H groups in total. The molecule has 1 aliphatic rings. The maximum Gasteiger partial charge on any atom is 0.256 e. The van der Waals surface area contributed by atoms with Gasteiger partial charge >= 0.3 is 0 Å². The van der Waals surface area contributed by atoms with Crippen LogP contribution in [0.25, 0.3) is 0 Å². The van der Waals surface area contributed by atoms with Crippen LogP contribution in [-0.4, -0.2) is 36.3 Å². The zero-order valence-electron chi connectivity index (χ0n) is 9.78. The monoisotopic (exact) mass is 311 g/mol. The summed E-state index contributed by atoms with van der Waals surface area (Å²) in [7, 11) is 0. The summed E-state index contributed by atoms with van der Waals surface area (Å²) >= 11 is 3.31. The molecule has 0 unspecified atom stereocenters. The summed E-state index contributed by atoms with van der Waals surface area (Å²) in [5.41, 5.74) is 6.66. The van der Waals surface area contributed by atoms with Gasteiger partial charge in [-0.1, -0.05) is 15.9 Å². The van der Waals surface area contributed by atoms with Crippen molar-refractivity contribution in [3.05, 3.63) is 28.2 Å². The fraction of sp³-hybridized carbons (Fsp3) is 0.333. The van der Waals surface area contributed by atoms with Crippen molar-refractivity contribution in [2.45, 2.75) is 6.42 Å². The lowest BCUT2D eigenvalue weighted by atomic mass is 10.1. The van der Waals surface area contributed by atoms with Crippen LogP contribution in [0.1, 0.15) is 16.8 Å². The Morgan fingerprint density at radius 1 is 1.44 bits per heavy atom. The number of rotatable bonds is 1. The van der Waals surface area contributed by atoms with E-state index in [-0.39, 0.29) is 18.4 Å². The number of halogens is 1. The summed E-state index contributed by atoms with van der Waals surface area (Å²) in [6.45, 7) is 1.25. The van der Waals surface area contributed by atoms with Crippen molar-refractivity contribution in [1.29, 1.82) is 0 Å². The predicted octanol–water partition coefficient (Wildman–Crippen LogP) is 0.993. The zero-order valence-corrected chi connectivity index (χ0v) is 11.4. The van der Waals surface area contributed by atoms with Gasteiger partial charge in [0.05, 0.1) is 12.1 Å². The molecule has 2 rings (SSSR count). The number of nitrogens with two attached hydrogens (primary N) is 1. The topological polar surface area (TPSA) is 75.4 Å². The average Bonchev–Trinajstić information content (AvgIpc) is 2.56. The zero-order chi connectivity index (χ0) is 13.1. The van der Waals surface area contributed by atoms with Crippen molar-refractivity contribution in [3.8, 4) is 0 Å². The molecular formula is C12H14BrN3O2. The van der Waals surface area contributed by atoms with E-state index in [4.69, 9.17) is 5.73 Å². The average molecular weight is 312 g/mol. The van der Waals surface area contributed by atoms with Crippen LogP contribution in [-0.2, 0) is 4.79 Å². The van der Waals surface area contributed by atoms with Crippen LogP contribution in [0.2, 0.25) is 0 Å². The van der Waals surface area contributed by atoms with Crippen LogP contribution >= 0.6 is 15.9 Å². The van der Waals surface area contributed by atoms with Gasteiger partial charge in [-0.3, -0.25) is 9.59 Å². The number of benzene rings is 1. The lowest BCUT2D eigenvalue weighted by Gasteiger charge is -2.20. The number of nitrogens with one attached hydrogen (secondary N) is 1. The lowest BCUT2D eigenvalue weighted by molar-refractivity contribution is -0.121. The molecular weight excluding hydrogens is 298 g/mol. The first-order valence-corrected chi connectivity index (χ1v) is 6.48. The molecule has 0 saturated carbocycles. The van der Waals surface area contributed by atoms with Gasteiger partial charge in [-0.15, -0.1) is 0 Å². The molecule has 0 aliphatic carbocycles. The molecule has 0 radical (unpaired) electrons. The van der Waals surface area contributed by atoms with Gasteiger partial charge in [0.1, 0.15) is 0 Å². The highest BCUT2D eigenvalue weighted by molar-refractivity contribution is 9.10. The largest absolute Gasteiger partial charge is 0.398 e. The standard InChI is InChI=1S/C12H14BrN3O2/c13-8-2-3-10(14)9(6-8)12(18)16-5-1-4-15-11(17)7-16/h2-3,6H,1,4-5,7,14H2,(H,15,17). The maximum absolute atomic E-state index is 12.3.